The number of anilines is 1. The maximum absolute atomic E-state index is 14.2. The minimum absolute atomic E-state index is 0.0130. The number of carbonyl (C=O) groups is 2. The molecule has 1 heterocycles. The third kappa shape index (κ3) is 5.56. The summed E-state index contributed by atoms with van der Waals surface area (Å²) in [5, 5.41) is 3.19. The Bertz CT molecular complexity index is 1210. The molecular weight excluding hydrogens is 488 g/mol. The van der Waals surface area contributed by atoms with Crippen molar-refractivity contribution in [1.82, 2.24) is 5.32 Å². The molecule has 1 N–H and O–H groups in total. The van der Waals surface area contributed by atoms with Crippen molar-refractivity contribution in [3.63, 3.8) is 0 Å². The number of hydrogen-bond donors (Lipinski definition) is 1. The largest absolute Gasteiger partial charge is 0.495 e. The average molecular weight is 523 g/mol. The first-order valence-corrected chi connectivity index (χ1v) is 12.6. The molecule has 1 atom stereocenters. The van der Waals surface area contributed by atoms with E-state index in [0.29, 0.717) is 34.2 Å². The molecule has 0 radical (unpaired) electrons. The number of rotatable bonds is 10. The number of nitrogens with zero attached hydrogens (tertiary/aromatic N) is 1. The van der Waals surface area contributed by atoms with Crippen molar-refractivity contribution < 1.29 is 33.0 Å². The van der Waals surface area contributed by atoms with Crippen LogP contribution < -0.4 is 29.2 Å². The predicted octanol–water partition coefficient (Wildman–Crippen LogP) is 5.15. The van der Waals surface area contributed by atoms with Crippen LogP contribution >= 0.6 is 0 Å². The molecule has 0 bridgehead atoms. The highest BCUT2D eigenvalue weighted by atomic mass is 16.5. The Morgan fingerprint density at radius 3 is 2.11 bits per heavy atom. The lowest BCUT2D eigenvalue weighted by atomic mass is 9.94. The number of nitrogens with one attached hydrogen (secondary N) is 1. The summed E-state index contributed by atoms with van der Waals surface area (Å²) in [7, 11) is 6.04. The van der Waals surface area contributed by atoms with Gasteiger partial charge in [-0.25, -0.2) is 0 Å². The first-order chi connectivity index (χ1) is 18.5. The van der Waals surface area contributed by atoms with Gasteiger partial charge in [-0.3, -0.25) is 14.5 Å². The molecule has 1 aliphatic carbocycles. The van der Waals surface area contributed by atoms with Crippen LogP contribution in [0, 0.1) is 0 Å². The minimum atomic E-state index is -1.11. The second kappa shape index (κ2) is 12.4. The molecule has 2 amide bonds. The Kier molecular flexibility index (Phi) is 8.78. The summed E-state index contributed by atoms with van der Waals surface area (Å²) in [6, 6.07) is 12.5. The van der Waals surface area contributed by atoms with Gasteiger partial charge in [-0.05, 0) is 54.8 Å². The highest BCUT2D eigenvalue weighted by Crippen LogP contribution is 2.43. The van der Waals surface area contributed by atoms with Gasteiger partial charge < -0.3 is 28.7 Å². The zero-order valence-corrected chi connectivity index (χ0v) is 22.2. The van der Waals surface area contributed by atoms with E-state index in [-0.39, 0.29) is 17.7 Å². The molecule has 0 aliphatic heterocycles. The van der Waals surface area contributed by atoms with Gasteiger partial charge in [0.2, 0.25) is 11.7 Å². The van der Waals surface area contributed by atoms with Crippen LogP contribution in [0.5, 0.6) is 23.0 Å². The number of amides is 2. The van der Waals surface area contributed by atoms with Crippen molar-refractivity contribution in [3.05, 3.63) is 66.1 Å². The second-order valence-electron chi connectivity index (χ2n) is 9.03. The van der Waals surface area contributed by atoms with Crippen LogP contribution in [0.3, 0.4) is 0 Å². The van der Waals surface area contributed by atoms with Gasteiger partial charge in [0.25, 0.3) is 5.91 Å². The van der Waals surface area contributed by atoms with E-state index in [4.69, 9.17) is 23.4 Å². The first-order valence-electron chi connectivity index (χ1n) is 12.6. The fraction of sp³-hybridized carbons (Fsp3) is 0.379. The molecule has 0 spiro atoms. The van der Waals surface area contributed by atoms with Gasteiger partial charge in [0.05, 0.1) is 40.4 Å². The fourth-order valence-electron chi connectivity index (χ4n) is 4.92. The summed E-state index contributed by atoms with van der Waals surface area (Å²) in [5.41, 5.74) is 0.882. The zero-order chi connectivity index (χ0) is 27.1. The first kappa shape index (κ1) is 26.9. The second-order valence-corrected chi connectivity index (χ2v) is 9.03. The molecule has 1 saturated carbocycles. The van der Waals surface area contributed by atoms with Crippen LogP contribution in [0.15, 0.2) is 59.2 Å². The molecule has 38 heavy (non-hydrogen) atoms. The quantitative estimate of drug-likeness (QED) is 0.393. The van der Waals surface area contributed by atoms with Crippen molar-refractivity contribution in [2.45, 2.75) is 44.2 Å². The van der Waals surface area contributed by atoms with E-state index in [1.54, 1.807) is 48.5 Å². The zero-order valence-electron chi connectivity index (χ0n) is 22.2. The van der Waals surface area contributed by atoms with E-state index >= 15 is 0 Å². The molecule has 9 heteroatoms. The minimum Gasteiger partial charge on any atom is -0.495 e. The third-order valence-corrected chi connectivity index (χ3v) is 6.76. The molecule has 0 saturated heterocycles. The summed E-state index contributed by atoms with van der Waals surface area (Å²) in [5.74, 6) is 0.778. The Morgan fingerprint density at radius 1 is 0.868 bits per heavy atom. The highest BCUT2D eigenvalue weighted by Gasteiger charge is 2.38. The lowest BCUT2D eigenvalue weighted by Crippen LogP contribution is -2.47. The van der Waals surface area contributed by atoms with Crippen LogP contribution in [-0.2, 0) is 4.79 Å². The Morgan fingerprint density at radius 2 is 1.53 bits per heavy atom. The predicted molar refractivity (Wildman–Crippen MR) is 142 cm³/mol. The smallest absolute Gasteiger partial charge is 0.295 e. The Hall–Kier alpha value is -4.14. The van der Waals surface area contributed by atoms with Gasteiger partial charge in [-0.15, -0.1) is 0 Å². The van der Waals surface area contributed by atoms with Crippen molar-refractivity contribution in [2.75, 3.05) is 33.3 Å². The average Bonchev–Trinajstić information content (AvgIpc) is 3.50. The summed E-state index contributed by atoms with van der Waals surface area (Å²) in [4.78, 5) is 29.6. The van der Waals surface area contributed by atoms with E-state index < -0.39 is 11.9 Å². The number of carbonyl (C=O) groups excluding carboxylic acids is 2. The van der Waals surface area contributed by atoms with Crippen LogP contribution in [0.1, 0.15) is 54.3 Å². The maximum Gasteiger partial charge on any atom is 0.295 e. The molecule has 202 valence electrons. The maximum atomic E-state index is 14.2. The number of hydrogen-bond acceptors (Lipinski definition) is 7. The molecule has 9 nitrogen and oxygen atoms in total. The Balaban J connectivity index is 1.92. The van der Waals surface area contributed by atoms with Crippen molar-refractivity contribution >= 4 is 17.5 Å². The van der Waals surface area contributed by atoms with Gasteiger partial charge in [0.15, 0.2) is 17.3 Å². The molecular formula is C29H34N2O7. The lowest BCUT2D eigenvalue weighted by Gasteiger charge is -2.34. The van der Waals surface area contributed by atoms with Gasteiger partial charge in [-0.1, -0.05) is 31.4 Å². The van der Waals surface area contributed by atoms with E-state index in [0.717, 1.165) is 32.1 Å². The van der Waals surface area contributed by atoms with Crippen molar-refractivity contribution in [3.8, 4) is 23.0 Å². The van der Waals surface area contributed by atoms with Gasteiger partial charge in [-0.2, -0.15) is 0 Å². The molecule has 0 unspecified atom stereocenters. The third-order valence-electron chi connectivity index (χ3n) is 6.76. The summed E-state index contributed by atoms with van der Waals surface area (Å²) < 4.78 is 27.7. The summed E-state index contributed by atoms with van der Waals surface area (Å²) in [6.07, 6.45) is 6.42. The monoisotopic (exact) mass is 522 g/mol. The summed E-state index contributed by atoms with van der Waals surface area (Å²) >= 11 is 0. The van der Waals surface area contributed by atoms with Crippen molar-refractivity contribution in [2.24, 2.45) is 0 Å². The van der Waals surface area contributed by atoms with E-state index in [1.807, 2.05) is 0 Å². The highest BCUT2D eigenvalue weighted by molar-refractivity contribution is 6.09. The SMILES string of the molecule is COc1ccccc1N(C(=O)c1ccco1)[C@@H](C(=O)NC1CCCCC1)c1cc(OC)c(OC)c(OC)c1. The molecule has 1 aromatic heterocycles. The van der Waals surface area contributed by atoms with Crippen molar-refractivity contribution in [1.29, 1.82) is 0 Å². The summed E-state index contributed by atoms with van der Waals surface area (Å²) in [6.45, 7) is 0. The number of benzene rings is 2. The van der Waals surface area contributed by atoms with E-state index in [9.17, 15) is 9.59 Å². The van der Waals surface area contributed by atoms with E-state index in [1.165, 1.54) is 39.6 Å². The van der Waals surface area contributed by atoms with E-state index in [2.05, 4.69) is 5.32 Å². The normalized spacial score (nSPS) is 14.3. The number of methoxy groups -OCH3 is 4. The molecule has 3 aromatic rings. The molecule has 1 fully saturated rings. The number of para-hydroxylation sites is 2. The van der Waals surface area contributed by atoms with Gasteiger partial charge in [0, 0.05) is 6.04 Å². The van der Waals surface area contributed by atoms with Gasteiger partial charge >= 0.3 is 0 Å². The van der Waals surface area contributed by atoms with Crippen LogP contribution in [0.4, 0.5) is 5.69 Å². The molecule has 1 aliphatic rings. The van der Waals surface area contributed by atoms with Gasteiger partial charge in [0.1, 0.15) is 11.8 Å². The molecule has 4 rings (SSSR count). The van der Waals surface area contributed by atoms with Crippen LogP contribution in [-0.4, -0.2) is 46.3 Å². The Labute approximate surface area is 222 Å². The fourth-order valence-corrected chi connectivity index (χ4v) is 4.92. The standard InChI is InChI=1S/C29H34N2O7/c1-34-22-14-9-8-13-21(22)31(29(33)23-15-10-16-38-23)26(28(32)30-20-11-6-5-7-12-20)19-17-24(35-2)27(37-4)25(18-19)36-3/h8-10,13-18,20,26H,5-7,11-12H2,1-4H3,(H,30,32)/t26-/m1/s1. The van der Waals surface area contributed by atoms with Crippen LogP contribution in [0.25, 0.3) is 0 Å². The molecule has 2 aromatic carbocycles. The van der Waals surface area contributed by atoms with Crippen LogP contribution in [0.2, 0.25) is 0 Å². The number of furan rings is 1. The lowest BCUT2D eigenvalue weighted by molar-refractivity contribution is -0.123. The topological polar surface area (TPSA) is 99.5 Å². The number of ether oxygens (including phenoxy) is 4.